The molecule has 98 valence electrons. The summed E-state index contributed by atoms with van der Waals surface area (Å²) in [4.78, 5) is 16.0. The summed E-state index contributed by atoms with van der Waals surface area (Å²) in [5.74, 6) is 0.823. The highest BCUT2D eigenvalue weighted by molar-refractivity contribution is 6.33. The van der Waals surface area contributed by atoms with Gasteiger partial charge in [-0.25, -0.2) is 0 Å². The number of carbonyl (C=O) groups excluding carboxylic acids is 1. The molecule has 1 N–H and O–H groups in total. The Balaban J connectivity index is 2.04. The zero-order chi connectivity index (χ0) is 13.0. The van der Waals surface area contributed by atoms with E-state index in [-0.39, 0.29) is 11.9 Å². The predicted octanol–water partition coefficient (Wildman–Crippen LogP) is 3.26. The second-order valence-electron chi connectivity index (χ2n) is 4.63. The number of nitrogens with one attached hydrogen (secondary N) is 1. The maximum atomic E-state index is 12.1. The topological polar surface area (TPSA) is 42.0 Å². The normalized spacial score (nSPS) is 23.7. The molecule has 0 aliphatic heterocycles. The van der Waals surface area contributed by atoms with Crippen LogP contribution in [-0.2, 0) is 0 Å². The third-order valence-corrected chi connectivity index (χ3v) is 4.14. The van der Waals surface area contributed by atoms with E-state index in [2.05, 4.69) is 10.3 Å². The first-order valence-electron chi connectivity index (χ1n) is 6.18. The van der Waals surface area contributed by atoms with Crippen molar-refractivity contribution < 1.29 is 4.79 Å². The third kappa shape index (κ3) is 3.15. The summed E-state index contributed by atoms with van der Waals surface area (Å²) in [7, 11) is 0. The number of halogens is 2. The van der Waals surface area contributed by atoms with Gasteiger partial charge in [0.05, 0.1) is 10.6 Å². The fourth-order valence-corrected chi connectivity index (χ4v) is 2.96. The Morgan fingerprint density at radius 3 is 2.94 bits per heavy atom. The van der Waals surface area contributed by atoms with E-state index in [1.807, 2.05) is 0 Å². The van der Waals surface area contributed by atoms with E-state index in [9.17, 15) is 4.79 Å². The molecular formula is C13H16Cl2N2O. The van der Waals surface area contributed by atoms with Gasteiger partial charge in [0.15, 0.2) is 0 Å². The van der Waals surface area contributed by atoms with Crippen LogP contribution in [0.4, 0.5) is 0 Å². The van der Waals surface area contributed by atoms with Crippen LogP contribution in [0, 0.1) is 5.92 Å². The van der Waals surface area contributed by atoms with Gasteiger partial charge in [-0.1, -0.05) is 24.4 Å². The van der Waals surface area contributed by atoms with Crippen LogP contribution in [0.5, 0.6) is 0 Å². The van der Waals surface area contributed by atoms with Crippen molar-refractivity contribution in [2.45, 2.75) is 31.7 Å². The molecule has 0 aromatic carbocycles. The lowest BCUT2D eigenvalue weighted by atomic mass is 9.85. The minimum absolute atomic E-state index is 0.135. The summed E-state index contributed by atoms with van der Waals surface area (Å²) >= 11 is 11.9. The molecule has 2 unspecified atom stereocenters. The average molecular weight is 287 g/mol. The highest BCUT2D eigenvalue weighted by Gasteiger charge is 2.26. The number of rotatable bonds is 3. The smallest absolute Gasteiger partial charge is 0.253 e. The van der Waals surface area contributed by atoms with E-state index < -0.39 is 0 Å². The molecule has 1 fully saturated rings. The molecular weight excluding hydrogens is 271 g/mol. The van der Waals surface area contributed by atoms with E-state index in [1.54, 1.807) is 12.3 Å². The molecule has 0 radical (unpaired) electrons. The van der Waals surface area contributed by atoms with Gasteiger partial charge < -0.3 is 5.32 Å². The van der Waals surface area contributed by atoms with Crippen LogP contribution in [0.15, 0.2) is 18.5 Å². The minimum Gasteiger partial charge on any atom is -0.349 e. The highest BCUT2D eigenvalue weighted by Crippen LogP contribution is 2.26. The Morgan fingerprint density at radius 1 is 1.44 bits per heavy atom. The minimum atomic E-state index is -0.135. The van der Waals surface area contributed by atoms with Crippen LogP contribution in [0.1, 0.15) is 36.0 Å². The number of alkyl halides is 1. The van der Waals surface area contributed by atoms with Gasteiger partial charge >= 0.3 is 0 Å². The molecule has 0 bridgehead atoms. The maximum absolute atomic E-state index is 12.1. The van der Waals surface area contributed by atoms with Crippen molar-refractivity contribution in [2.75, 3.05) is 5.88 Å². The van der Waals surface area contributed by atoms with Crippen LogP contribution in [0.2, 0.25) is 5.02 Å². The van der Waals surface area contributed by atoms with Crippen LogP contribution in [0.25, 0.3) is 0 Å². The fourth-order valence-electron chi connectivity index (χ4n) is 2.39. The van der Waals surface area contributed by atoms with E-state index in [4.69, 9.17) is 23.2 Å². The number of amides is 1. The molecule has 1 amide bonds. The molecule has 1 heterocycles. The van der Waals surface area contributed by atoms with Gasteiger partial charge in [0.25, 0.3) is 5.91 Å². The average Bonchev–Trinajstić information content (AvgIpc) is 2.39. The first-order valence-corrected chi connectivity index (χ1v) is 7.10. The molecule has 1 aliphatic carbocycles. The van der Waals surface area contributed by atoms with Crippen LogP contribution in [-0.4, -0.2) is 22.8 Å². The summed E-state index contributed by atoms with van der Waals surface area (Å²) < 4.78 is 0. The summed E-state index contributed by atoms with van der Waals surface area (Å²) in [6.45, 7) is 0. The van der Waals surface area contributed by atoms with Gasteiger partial charge in [0.1, 0.15) is 0 Å². The Hall–Kier alpha value is -0.800. The van der Waals surface area contributed by atoms with Crippen LogP contribution in [0.3, 0.4) is 0 Å². The number of aromatic nitrogens is 1. The summed E-state index contributed by atoms with van der Waals surface area (Å²) in [5, 5.41) is 3.42. The second-order valence-corrected chi connectivity index (χ2v) is 5.35. The van der Waals surface area contributed by atoms with Crippen LogP contribution >= 0.6 is 23.2 Å². The van der Waals surface area contributed by atoms with Crippen molar-refractivity contribution in [3.8, 4) is 0 Å². The molecule has 1 aromatic heterocycles. The first-order chi connectivity index (χ1) is 8.72. The van der Waals surface area contributed by atoms with E-state index in [0.717, 1.165) is 19.3 Å². The zero-order valence-corrected chi connectivity index (χ0v) is 11.5. The third-order valence-electron chi connectivity index (χ3n) is 3.44. The molecule has 2 atom stereocenters. The quantitative estimate of drug-likeness (QED) is 0.867. The molecule has 1 aliphatic rings. The largest absolute Gasteiger partial charge is 0.349 e. The summed E-state index contributed by atoms with van der Waals surface area (Å²) in [6.07, 6.45) is 7.46. The summed E-state index contributed by atoms with van der Waals surface area (Å²) in [6, 6.07) is 1.80. The first kappa shape index (κ1) is 13.6. The van der Waals surface area contributed by atoms with Crippen molar-refractivity contribution in [3.05, 3.63) is 29.0 Å². The van der Waals surface area contributed by atoms with Crippen molar-refractivity contribution in [1.82, 2.24) is 10.3 Å². The van der Waals surface area contributed by atoms with E-state index in [1.165, 1.54) is 12.6 Å². The number of carbonyl (C=O) groups is 1. The van der Waals surface area contributed by atoms with Gasteiger partial charge in [-0.2, -0.15) is 0 Å². The van der Waals surface area contributed by atoms with Crippen molar-refractivity contribution in [2.24, 2.45) is 5.92 Å². The van der Waals surface area contributed by atoms with E-state index in [0.29, 0.717) is 22.4 Å². The fraction of sp³-hybridized carbons (Fsp3) is 0.538. The number of nitrogens with zero attached hydrogens (tertiary/aromatic N) is 1. The van der Waals surface area contributed by atoms with Gasteiger partial charge in [0.2, 0.25) is 0 Å². The number of hydrogen-bond acceptors (Lipinski definition) is 2. The van der Waals surface area contributed by atoms with E-state index >= 15 is 0 Å². The van der Waals surface area contributed by atoms with Crippen molar-refractivity contribution >= 4 is 29.1 Å². The Kier molecular flexibility index (Phi) is 4.84. The molecule has 1 saturated carbocycles. The Morgan fingerprint density at radius 2 is 2.22 bits per heavy atom. The zero-order valence-electron chi connectivity index (χ0n) is 10.0. The number of pyridine rings is 1. The molecule has 3 nitrogen and oxygen atoms in total. The SMILES string of the molecule is O=C(NC1CCCCC1CCl)c1ccncc1Cl. The van der Waals surface area contributed by atoms with Crippen molar-refractivity contribution in [3.63, 3.8) is 0 Å². The highest BCUT2D eigenvalue weighted by atomic mass is 35.5. The second kappa shape index (κ2) is 6.39. The standard InChI is InChI=1S/C13H16Cl2N2O/c14-7-9-3-1-2-4-12(9)17-13(18)10-5-6-16-8-11(10)15/h5-6,8-9,12H,1-4,7H2,(H,17,18). The molecule has 18 heavy (non-hydrogen) atoms. The predicted molar refractivity (Wildman–Crippen MR) is 73.2 cm³/mol. The van der Waals surface area contributed by atoms with Crippen molar-refractivity contribution in [1.29, 1.82) is 0 Å². The Bertz CT molecular complexity index is 425. The lowest BCUT2D eigenvalue weighted by molar-refractivity contribution is 0.0911. The van der Waals surface area contributed by atoms with Crippen LogP contribution < -0.4 is 5.32 Å². The molecule has 0 saturated heterocycles. The van der Waals surface area contributed by atoms with Gasteiger partial charge in [-0.3, -0.25) is 9.78 Å². The lowest BCUT2D eigenvalue weighted by Crippen LogP contribution is -2.42. The van der Waals surface area contributed by atoms with Gasteiger partial charge in [0, 0.05) is 24.3 Å². The van der Waals surface area contributed by atoms with Gasteiger partial charge in [-0.15, -0.1) is 11.6 Å². The molecule has 1 aromatic rings. The lowest BCUT2D eigenvalue weighted by Gasteiger charge is -2.30. The summed E-state index contributed by atoms with van der Waals surface area (Å²) in [5.41, 5.74) is 0.477. The monoisotopic (exact) mass is 286 g/mol. The maximum Gasteiger partial charge on any atom is 0.253 e. The molecule has 2 rings (SSSR count). The Labute approximate surface area is 117 Å². The number of hydrogen-bond donors (Lipinski definition) is 1. The molecule has 0 spiro atoms. The molecule has 5 heteroatoms. The van der Waals surface area contributed by atoms with Gasteiger partial charge in [-0.05, 0) is 24.8 Å².